The van der Waals surface area contributed by atoms with Gasteiger partial charge in [0.25, 0.3) is 0 Å². The fourth-order valence-electron chi connectivity index (χ4n) is 3.07. The van der Waals surface area contributed by atoms with Gasteiger partial charge in [0.05, 0.1) is 14.2 Å². The molecular formula is C19H21NO3. The van der Waals surface area contributed by atoms with Gasteiger partial charge in [0, 0.05) is 24.1 Å². The molecule has 2 aromatic rings. The second-order valence-corrected chi connectivity index (χ2v) is 5.69. The minimum Gasteiger partial charge on any atom is -0.493 e. The maximum atomic E-state index is 12.1. The van der Waals surface area contributed by atoms with Crippen molar-refractivity contribution in [2.75, 3.05) is 19.5 Å². The first kappa shape index (κ1) is 15.4. The number of nitrogens with one attached hydrogen (secondary N) is 1. The Morgan fingerprint density at radius 3 is 2.35 bits per heavy atom. The number of carbonyl (C=O) groups is 1. The van der Waals surface area contributed by atoms with E-state index in [0.717, 1.165) is 23.2 Å². The zero-order chi connectivity index (χ0) is 16.4. The second-order valence-electron chi connectivity index (χ2n) is 5.69. The number of aryl methyl sites for hydroxylation is 1. The van der Waals surface area contributed by atoms with Gasteiger partial charge < -0.3 is 14.8 Å². The van der Waals surface area contributed by atoms with Gasteiger partial charge in [-0.3, -0.25) is 4.79 Å². The maximum Gasteiger partial charge on any atom is 0.225 e. The van der Waals surface area contributed by atoms with Crippen LogP contribution in [-0.4, -0.2) is 20.1 Å². The van der Waals surface area contributed by atoms with Crippen LogP contribution >= 0.6 is 0 Å². The molecule has 3 rings (SSSR count). The molecule has 4 nitrogen and oxygen atoms in total. The van der Waals surface area contributed by atoms with Gasteiger partial charge in [-0.05, 0) is 29.2 Å². The molecule has 0 aromatic heterocycles. The zero-order valence-electron chi connectivity index (χ0n) is 13.7. The number of rotatable bonds is 4. The van der Waals surface area contributed by atoms with Crippen molar-refractivity contribution in [1.82, 2.24) is 0 Å². The standard InChI is InChI=1S/C19H21NO3/c1-4-12-5-7-13(8-6-12)14-10-19(21)20-16-11-18(23-3)17(22-2)9-15(14)16/h5-9,11,14H,4,10H2,1-3H3,(H,20,21)/t14-/m1/s1. The molecule has 0 radical (unpaired) electrons. The lowest BCUT2D eigenvalue weighted by atomic mass is 9.84. The second kappa shape index (κ2) is 6.32. The van der Waals surface area contributed by atoms with Crippen LogP contribution in [0.3, 0.4) is 0 Å². The van der Waals surface area contributed by atoms with E-state index in [-0.39, 0.29) is 11.8 Å². The van der Waals surface area contributed by atoms with Gasteiger partial charge in [0.1, 0.15) is 0 Å². The molecule has 1 aliphatic rings. The van der Waals surface area contributed by atoms with Crippen LogP contribution in [-0.2, 0) is 11.2 Å². The van der Waals surface area contributed by atoms with Crippen molar-refractivity contribution >= 4 is 11.6 Å². The van der Waals surface area contributed by atoms with Crippen LogP contribution in [0.25, 0.3) is 0 Å². The molecule has 1 N–H and O–H groups in total. The van der Waals surface area contributed by atoms with E-state index >= 15 is 0 Å². The average Bonchev–Trinajstić information content (AvgIpc) is 2.59. The molecule has 0 spiro atoms. The predicted octanol–water partition coefficient (Wildman–Crippen LogP) is 3.74. The topological polar surface area (TPSA) is 47.6 Å². The van der Waals surface area contributed by atoms with Crippen LogP contribution in [0, 0.1) is 0 Å². The van der Waals surface area contributed by atoms with E-state index < -0.39 is 0 Å². The number of benzene rings is 2. The number of amides is 1. The van der Waals surface area contributed by atoms with E-state index in [4.69, 9.17) is 9.47 Å². The SMILES string of the molecule is CCc1ccc([C@H]2CC(=O)Nc3cc(OC)c(OC)cc32)cc1. The van der Waals surface area contributed by atoms with Crippen molar-refractivity contribution in [2.24, 2.45) is 0 Å². The first-order valence-electron chi connectivity index (χ1n) is 7.80. The average molecular weight is 311 g/mol. The largest absolute Gasteiger partial charge is 0.493 e. The summed E-state index contributed by atoms with van der Waals surface area (Å²) in [6, 6.07) is 12.3. The smallest absolute Gasteiger partial charge is 0.225 e. The maximum absolute atomic E-state index is 12.1. The fourth-order valence-corrected chi connectivity index (χ4v) is 3.07. The highest BCUT2D eigenvalue weighted by Gasteiger charge is 2.28. The molecule has 0 saturated heterocycles. The molecule has 0 aliphatic carbocycles. The molecule has 0 bridgehead atoms. The Labute approximate surface area is 136 Å². The summed E-state index contributed by atoms with van der Waals surface area (Å²) in [4.78, 5) is 12.1. The minimum atomic E-state index is 0.0225. The highest BCUT2D eigenvalue weighted by atomic mass is 16.5. The summed E-state index contributed by atoms with van der Waals surface area (Å²) in [7, 11) is 3.21. The van der Waals surface area contributed by atoms with Crippen LogP contribution < -0.4 is 14.8 Å². The van der Waals surface area contributed by atoms with Crippen LogP contribution in [0.5, 0.6) is 11.5 Å². The van der Waals surface area contributed by atoms with E-state index in [2.05, 4.69) is 36.5 Å². The predicted molar refractivity (Wildman–Crippen MR) is 90.5 cm³/mol. The molecule has 0 saturated carbocycles. The molecule has 1 heterocycles. The summed E-state index contributed by atoms with van der Waals surface area (Å²) in [5, 5.41) is 2.93. The van der Waals surface area contributed by atoms with Gasteiger partial charge >= 0.3 is 0 Å². The Morgan fingerprint density at radius 2 is 1.74 bits per heavy atom. The number of fused-ring (bicyclic) bond motifs is 1. The molecule has 4 heteroatoms. The highest BCUT2D eigenvalue weighted by Crippen LogP contribution is 2.42. The normalized spacial score (nSPS) is 16.5. The summed E-state index contributed by atoms with van der Waals surface area (Å²) >= 11 is 0. The van der Waals surface area contributed by atoms with Crippen molar-refractivity contribution in [3.05, 3.63) is 53.1 Å². The van der Waals surface area contributed by atoms with Gasteiger partial charge in [0.2, 0.25) is 5.91 Å². The molecule has 23 heavy (non-hydrogen) atoms. The molecular weight excluding hydrogens is 290 g/mol. The van der Waals surface area contributed by atoms with Gasteiger partial charge in [-0.25, -0.2) is 0 Å². The third kappa shape index (κ3) is 2.89. The molecule has 1 amide bonds. The van der Waals surface area contributed by atoms with Gasteiger partial charge in [-0.15, -0.1) is 0 Å². The third-order valence-electron chi connectivity index (χ3n) is 4.39. The Hall–Kier alpha value is -2.49. The number of carbonyl (C=O) groups excluding carboxylic acids is 1. The summed E-state index contributed by atoms with van der Waals surface area (Å²) in [6.07, 6.45) is 1.45. The fraction of sp³-hybridized carbons (Fsp3) is 0.316. The molecule has 2 aromatic carbocycles. The number of methoxy groups -OCH3 is 2. The lowest BCUT2D eigenvalue weighted by Gasteiger charge is -2.27. The summed E-state index contributed by atoms with van der Waals surface area (Å²) in [6.45, 7) is 2.13. The lowest BCUT2D eigenvalue weighted by Crippen LogP contribution is -2.23. The number of ether oxygens (including phenoxy) is 2. The van der Waals surface area contributed by atoms with E-state index in [1.165, 1.54) is 5.56 Å². The quantitative estimate of drug-likeness (QED) is 0.935. The first-order valence-corrected chi connectivity index (χ1v) is 7.80. The Morgan fingerprint density at radius 1 is 1.09 bits per heavy atom. The summed E-state index contributed by atoms with van der Waals surface area (Å²) < 4.78 is 10.7. The van der Waals surface area contributed by atoms with Crippen molar-refractivity contribution in [3.63, 3.8) is 0 Å². The van der Waals surface area contributed by atoms with Crippen LogP contribution in [0.1, 0.15) is 36.0 Å². The van der Waals surface area contributed by atoms with Crippen molar-refractivity contribution < 1.29 is 14.3 Å². The molecule has 0 unspecified atom stereocenters. The van der Waals surface area contributed by atoms with E-state index in [9.17, 15) is 4.79 Å². The monoisotopic (exact) mass is 311 g/mol. The first-order chi connectivity index (χ1) is 11.2. The number of hydrogen-bond acceptors (Lipinski definition) is 3. The van der Waals surface area contributed by atoms with E-state index in [0.29, 0.717) is 17.9 Å². The number of anilines is 1. The van der Waals surface area contributed by atoms with E-state index in [1.807, 2.05) is 12.1 Å². The number of hydrogen-bond donors (Lipinski definition) is 1. The third-order valence-corrected chi connectivity index (χ3v) is 4.39. The Balaban J connectivity index is 2.07. The van der Waals surface area contributed by atoms with Crippen molar-refractivity contribution in [1.29, 1.82) is 0 Å². The van der Waals surface area contributed by atoms with Gasteiger partial charge in [0.15, 0.2) is 11.5 Å². The Bertz CT molecular complexity index is 722. The molecule has 120 valence electrons. The summed E-state index contributed by atoms with van der Waals surface area (Å²) in [5.74, 6) is 1.35. The lowest BCUT2D eigenvalue weighted by molar-refractivity contribution is -0.116. The summed E-state index contributed by atoms with van der Waals surface area (Å²) in [5.41, 5.74) is 4.29. The van der Waals surface area contributed by atoms with Gasteiger partial charge in [-0.1, -0.05) is 31.2 Å². The molecule has 0 fully saturated rings. The minimum absolute atomic E-state index is 0.0225. The van der Waals surface area contributed by atoms with Crippen LogP contribution in [0.2, 0.25) is 0 Å². The zero-order valence-corrected chi connectivity index (χ0v) is 13.7. The van der Waals surface area contributed by atoms with Crippen molar-refractivity contribution in [2.45, 2.75) is 25.7 Å². The molecule has 1 aliphatic heterocycles. The van der Waals surface area contributed by atoms with Gasteiger partial charge in [-0.2, -0.15) is 0 Å². The van der Waals surface area contributed by atoms with Crippen molar-refractivity contribution in [3.8, 4) is 11.5 Å². The molecule has 1 atom stereocenters. The van der Waals surface area contributed by atoms with E-state index in [1.54, 1.807) is 14.2 Å². The Kier molecular flexibility index (Phi) is 4.24. The van der Waals surface area contributed by atoms with Crippen LogP contribution in [0.15, 0.2) is 36.4 Å². The highest BCUT2D eigenvalue weighted by molar-refractivity contribution is 5.96. The van der Waals surface area contributed by atoms with Crippen LogP contribution in [0.4, 0.5) is 5.69 Å².